The zero-order valence-corrected chi connectivity index (χ0v) is 18.0. The van der Waals surface area contributed by atoms with E-state index in [1.165, 1.54) is 0 Å². The number of benzene rings is 2. The molecule has 10 radical (unpaired) electrons. The van der Waals surface area contributed by atoms with Gasteiger partial charge in [-0.1, -0.05) is 60.7 Å². The second kappa shape index (κ2) is 18.6. The van der Waals surface area contributed by atoms with Gasteiger partial charge in [-0.15, -0.1) is 0 Å². The molecule has 0 aromatic heterocycles. The van der Waals surface area contributed by atoms with Gasteiger partial charge in [0.1, 0.15) is 0 Å². The van der Waals surface area contributed by atoms with E-state index in [2.05, 4.69) is 0 Å². The molecule has 0 saturated heterocycles. The van der Waals surface area contributed by atoms with Gasteiger partial charge in [-0.05, 0) is 64.2 Å². The van der Waals surface area contributed by atoms with E-state index in [0.717, 1.165) is 9.79 Å². The van der Waals surface area contributed by atoms with Crippen LogP contribution in [0, 0.1) is 64.2 Å². The molecule has 0 amide bonds. The molecule has 0 heterocycles. The third kappa shape index (κ3) is 17.0. The fourth-order valence-corrected chi connectivity index (χ4v) is 1.80. The minimum atomic E-state index is 0. The van der Waals surface area contributed by atoms with Crippen molar-refractivity contribution in [1.82, 2.24) is 0 Å². The molecule has 2 aromatic carbocycles. The van der Waals surface area contributed by atoms with Crippen molar-refractivity contribution in [2.45, 2.75) is 9.79 Å². The van der Waals surface area contributed by atoms with Crippen LogP contribution >= 0.6 is 0 Å². The van der Waals surface area contributed by atoms with Crippen molar-refractivity contribution in [3.8, 4) is 0 Å². The van der Waals surface area contributed by atoms with Crippen LogP contribution in [0.4, 0.5) is 0 Å². The van der Waals surface area contributed by atoms with E-state index < -0.39 is 0 Å². The van der Waals surface area contributed by atoms with Gasteiger partial charge in [0.15, 0.2) is 0 Å². The second-order valence-electron chi connectivity index (χ2n) is 4.55. The van der Waals surface area contributed by atoms with Crippen molar-refractivity contribution < 1.29 is 26.2 Å². The summed E-state index contributed by atoms with van der Waals surface area (Å²) < 4.78 is 0. The average molecular weight is 440 g/mol. The van der Waals surface area contributed by atoms with Gasteiger partial charge in [0.25, 0.3) is 0 Å². The predicted molar refractivity (Wildman–Crippen MR) is 107 cm³/mol. The summed E-state index contributed by atoms with van der Waals surface area (Å²) in [6.45, 7) is 0. The monoisotopic (exact) mass is 438 g/mol. The van der Waals surface area contributed by atoms with Gasteiger partial charge >= 0.3 is 26.2 Å². The van der Waals surface area contributed by atoms with Crippen molar-refractivity contribution >= 4 is 25.3 Å². The normalized spacial score (nSPS) is 14.4. The maximum Gasteiger partial charge on any atom is 2.00 e. The summed E-state index contributed by atoms with van der Waals surface area (Å²) >= 11 is 9.62. The van der Waals surface area contributed by atoms with Gasteiger partial charge in [0.2, 0.25) is 0 Å². The molecule has 2 aromatic rings. The first kappa shape index (κ1) is 24.8. The summed E-state index contributed by atoms with van der Waals surface area (Å²) in [7, 11) is 0. The molecule has 2 saturated carbocycles. The smallest absolute Gasteiger partial charge is 0.780 e. The molecule has 0 nitrogen and oxygen atoms in total. The van der Waals surface area contributed by atoms with Crippen LogP contribution in [-0.4, -0.2) is 0 Å². The van der Waals surface area contributed by atoms with E-state index in [1.54, 1.807) is 0 Å². The summed E-state index contributed by atoms with van der Waals surface area (Å²) in [5.74, 6) is 0. The van der Waals surface area contributed by atoms with Crippen molar-refractivity contribution in [2.24, 2.45) is 0 Å². The van der Waals surface area contributed by atoms with Gasteiger partial charge in [-0.2, -0.15) is 9.79 Å². The minimum Gasteiger partial charge on any atom is -0.780 e. The van der Waals surface area contributed by atoms with Crippen LogP contribution in [0.5, 0.6) is 0 Å². The predicted octanol–water partition coefficient (Wildman–Crippen LogP) is 5.23. The van der Waals surface area contributed by atoms with Crippen molar-refractivity contribution in [3.63, 3.8) is 0 Å². The second-order valence-corrected chi connectivity index (χ2v) is 5.49. The topological polar surface area (TPSA) is 0 Å². The van der Waals surface area contributed by atoms with E-state index >= 15 is 0 Å². The number of hydrogen-bond donors (Lipinski definition) is 0. The Kier molecular flexibility index (Phi) is 18.4. The van der Waals surface area contributed by atoms with Crippen LogP contribution in [0.15, 0.2) is 70.5 Å². The third-order valence-corrected chi connectivity index (χ3v) is 3.14. The van der Waals surface area contributed by atoms with E-state index in [4.69, 9.17) is 25.3 Å². The minimum absolute atomic E-state index is 0. The van der Waals surface area contributed by atoms with Crippen molar-refractivity contribution in [3.05, 3.63) is 125 Å². The van der Waals surface area contributed by atoms with Gasteiger partial charge < -0.3 is 25.3 Å². The van der Waals surface area contributed by atoms with E-state index in [-0.39, 0.29) is 26.2 Å². The molecule has 0 bridgehead atoms. The molecule has 2 aliphatic carbocycles. The van der Waals surface area contributed by atoms with Crippen LogP contribution in [-0.2, 0) is 51.5 Å². The summed E-state index contributed by atoms with van der Waals surface area (Å²) in [4.78, 5) is 1.81. The molecule has 0 unspecified atom stereocenters. The Labute approximate surface area is 185 Å². The summed E-state index contributed by atoms with van der Waals surface area (Å²) in [5.41, 5.74) is 0. The van der Waals surface area contributed by atoms with Crippen molar-refractivity contribution in [1.29, 1.82) is 0 Å². The molecule has 25 heavy (non-hydrogen) atoms. The van der Waals surface area contributed by atoms with E-state index in [0.29, 0.717) is 0 Å². The molecule has 2 aliphatic rings. The molecule has 0 atom stereocenters. The first-order chi connectivity index (χ1) is 11.8. The Morgan fingerprint density at radius 2 is 0.560 bits per heavy atom. The third-order valence-electron chi connectivity index (χ3n) is 2.60. The zero-order chi connectivity index (χ0) is 17.3. The molecule has 0 N–H and O–H groups in total. The molecule has 124 valence electrons. The summed E-state index contributed by atoms with van der Waals surface area (Å²) in [6.07, 6.45) is 20.0. The van der Waals surface area contributed by atoms with Crippen LogP contribution in [0.2, 0.25) is 0 Å². The van der Waals surface area contributed by atoms with Gasteiger partial charge in [-0.3, -0.25) is 0 Å². The Balaban J connectivity index is 0.000000307. The largest absolute Gasteiger partial charge is 2.00 e. The van der Waals surface area contributed by atoms with Crippen LogP contribution in [0.25, 0.3) is 0 Å². The zero-order valence-electron chi connectivity index (χ0n) is 13.9. The Morgan fingerprint density at radius 3 is 0.680 bits per heavy atom. The standard InChI is InChI=1S/2C6H6S.2C5H5.Zr/c2*7-6-4-2-1-3-5-6;2*1-2-4-5-3-1;/h2*1-5,7H;2*1-5H;/q;;;;+2/p-2. The molecule has 0 spiro atoms. The summed E-state index contributed by atoms with van der Waals surface area (Å²) in [6, 6.07) is 19.2. The maximum atomic E-state index is 4.81. The fourth-order valence-electron chi connectivity index (χ4n) is 1.48. The van der Waals surface area contributed by atoms with Gasteiger partial charge in [-0.25, -0.2) is 0 Å². The van der Waals surface area contributed by atoms with E-state index in [1.807, 2.05) is 125 Å². The van der Waals surface area contributed by atoms with E-state index in [9.17, 15) is 0 Å². The molecule has 0 aliphatic heterocycles. The first-order valence-corrected chi connectivity index (χ1v) is 8.38. The number of rotatable bonds is 0. The number of hydrogen-bond acceptors (Lipinski definition) is 2. The molecule has 3 heteroatoms. The Hall–Kier alpha value is -0.237. The average Bonchev–Trinajstić information content (AvgIpc) is 3.36. The molecule has 2 fully saturated rings. The van der Waals surface area contributed by atoms with Crippen LogP contribution < -0.4 is 0 Å². The Bertz CT molecular complexity index is 417. The maximum absolute atomic E-state index is 4.81. The van der Waals surface area contributed by atoms with Crippen LogP contribution in [0.1, 0.15) is 0 Å². The van der Waals surface area contributed by atoms with Gasteiger partial charge in [0.05, 0.1) is 0 Å². The first-order valence-electron chi connectivity index (χ1n) is 7.56. The van der Waals surface area contributed by atoms with Crippen LogP contribution in [0.3, 0.4) is 0 Å². The quantitative estimate of drug-likeness (QED) is 0.516. The fraction of sp³-hybridized carbons (Fsp3) is 0. The SMILES string of the molecule is [CH]1[CH][CH][CH][CH]1.[CH]1[CH][CH][CH][CH]1.[S-]c1ccccc1.[S-]c1ccccc1.[Zr+2]. The van der Waals surface area contributed by atoms with Gasteiger partial charge in [0, 0.05) is 0 Å². The molecular weight excluding hydrogens is 420 g/mol. The molecular formula is C22H20S2Zr. The van der Waals surface area contributed by atoms with Crippen molar-refractivity contribution in [2.75, 3.05) is 0 Å². The summed E-state index contributed by atoms with van der Waals surface area (Å²) in [5, 5.41) is 0. The Morgan fingerprint density at radius 1 is 0.360 bits per heavy atom. The molecule has 4 rings (SSSR count).